The number of aryl methyl sites for hydroxylation is 1. The predicted molar refractivity (Wildman–Crippen MR) is 77.5 cm³/mol. The number of hydrogen-bond acceptors (Lipinski definition) is 1. The molecule has 0 radical (unpaired) electrons. The van der Waals surface area contributed by atoms with Crippen molar-refractivity contribution >= 4 is 0 Å². The third-order valence-electron chi connectivity index (χ3n) is 3.31. The second-order valence-corrected chi connectivity index (χ2v) is 4.90. The van der Waals surface area contributed by atoms with Gasteiger partial charge in [-0.25, -0.2) is 4.39 Å². The van der Waals surface area contributed by atoms with Crippen LogP contribution >= 0.6 is 0 Å². The Labute approximate surface area is 114 Å². The molecule has 19 heavy (non-hydrogen) atoms. The summed E-state index contributed by atoms with van der Waals surface area (Å²) >= 11 is 0. The minimum absolute atomic E-state index is 0.134. The van der Waals surface area contributed by atoms with Gasteiger partial charge in [-0.05, 0) is 31.4 Å². The highest BCUT2D eigenvalue weighted by atomic mass is 19.1. The van der Waals surface area contributed by atoms with Crippen LogP contribution in [0.5, 0.6) is 0 Å². The van der Waals surface area contributed by atoms with Crippen molar-refractivity contribution in [3.8, 4) is 0 Å². The summed E-state index contributed by atoms with van der Waals surface area (Å²) in [6.45, 7) is 2.73. The van der Waals surface area contributed by atoms with Gasteiger partial charge in [0.05, 0.1) is 0 Å². The van der Waals surface area contributed by atoms with E-state index in [0.717, 1.165) is 18.4 Å². The summed E-state index contributed by atoms with van der Waals surface area (Å²) in [5.74, 6) is -0.134. The fourth-order valence-electron chi connectivity index (χ4n) is 2.06. The van der Waals surface area contributed by atoms with Crippen LogP contribution in [0.1, 0.15) is 24.5 Å². The lowest BCUT2D eigenvalue weighted by Crippen LogP contribution is -2.26. The molecular weight excluding hydrogens is 237 g/mol. The fourth-order valence-corrected chi connectivity index (χ4v) is 2.06. The van der Waals surface area contributed by atoms with Crippen LogP contribution in [-0.2, 0) is 13.0 Å². The molecule has 0 heterocycles. The first-order valence-electron chi connectivity index (χ1n) is 6.76. The van der Waals surface area contributed by atoms with Crippen LogP contribution in [0.25, 0.3) is 0 Å². The number of halogens is 1. The van der Waals surface area contributed by atoms with E-state index in [4.69, 9.17) is 0 Å². The summed E-state index contributed by atoms with van der Waals surface area (Å²) in [6, 6.07) is 17.7. The molecule has 1 atom stereocenters. The summed E-state index contributed by atoms with van der Waals surface area (Å²) in [5.41, 5.74) is 2.08. The molecule has 1 nitrogen and oxygen atoms in total. The molecule has 0 fully saturated rings. The van der Waals surface area contributed by atoms with E-state index in [0.29, 0.717) is 12.6 Å². The molecule has 0 spiro atoms. The van der Waals surface area contributed by atoms with E-state index >= 15 is 0 Å². The molecule has 0 saturated heterocycles. The topological polar surface area (TPSA) is 12.0 Å². The molecule has 2 heteroatoms. The number of rotatable bonds is 6. The second kappa shape index (κ2) is 7.05. The van der Waals surface area contributed by atoms with Crippen molar-refractivity contribution in [3.63, 3.8) is 0 Å². The molecular formula is C17H20FN. The largest absolute Gasteiger partial charge is 0.310 e. The van der Waals surface area contributed by atoms with Gasteiger partial charge in [0, 0.05) is 18.2 Å². The van der Waals surface area contributed by atoms with Crippen LogP contribution in [0.2, 0.25) is 0 Å². The number of hydrogen-bond donors (Lipinski definition) is 1. The molecule has 0 aliphatic heterocycles. The lowest BCUT2D eigenvalue weighted by molar-refractivity contribution is 0.501. The molecule has 0 aliphatic carbocycles. The second-order valence-electron chi connectivity index (χ2n) is 4.90. The van der Waals surface area contributed by atoms with Crippen LogP contribution < -0.4 is 5.32 Å². The summed E-state index contributed by atoms with van der Waals surface area (Å²) in [6.07, 6.45) is 2.10. The van der Waals surface area contributed by atoms with Crippen molar-refractivity contribution in [2.45, 2.75) is 32.4 Å². The summed E-state index contributed by atoms with van der Waals surface area (Å²) in [4.78, 5) is 0. The number of nitrogens with one attached hydrogen (secondary N) is 1. The maximum atomic E-state index is 13.5. The van der Waals surface area contributed by atoms with Gasteiger partial charge in [0.1, 0.15) is 5.82 Å². The van der Waals surface area contributed by atoms with Gasteiger partial charge in [0.15, 0.2) is 0 Å². The Morgan fingerprint density at radius 3 is 2.42 bits per heavy atom. The minimum Gasteiger partial charge on any atom is -0.310 e. The lowest BCUT2D eigenvalue weighted by atomic mass is 10.1. The van der Waals surface area contributed by atoms with Crippen molar-refractivity contribution in [1.29, 1.82) is 0 Å². The molecule has 100 valence electrons. The van der Waals surface area contributed by atoms with Gasteiger partial charge in [-0.15, -0.1) is 0 Å². The van der Waals surface area contributed by atoms with E-state index in [1.54, 1.807) is 6.07 Å². The fraction of sp³-hybridized carbons (Fsp3) is 0.294. The highest BCUT2D eigenvalue weighted by Crippen LogP contribution is 2.08. The summed E-state index contributed by atoms with van der Waals surface area (Å²) in [5, 5.41) is 3.37. The Morgan fingerprint density at radius 2 is 1.68 bits per heavy atom. The molecule has 0 unspecified atom stereocenters. The Bertz CT molecular complexity index is 496. The average Bonchev–Trinajstić information content (AvgIpc) is 2.45. The molecule has 2 aromatic rings. The van der Waals surface area contributed by atoms with Crippen molar-refractivity contribution in [3.05, 3.63) is 71.5 Å². The molecule has 0 amide bonds. The van der Waals surface area contributed by atoms with Gasteiger partial charge in [-0.3, -0.25) is 0 Å². The maximum Gasteiger partial charge on any atom is 0.127 e. The van der Waals surface area contributed by atoms with Crippen molar-refractivity contribution in [1.82, 2.24) is 5.32 Å². The van der Waals surface area contributed by atoms with E-state index in [9.17, 15) is 4.39 Å². The zero-order valence-corrected chi connectivity index (χ0v) is 11.3. The van der Waals surface area contributed by atoms with Crippen molar-refractivity contribution < 1.29 is 4.39 Å². The van der Waals surface area contributed by atoms with Crippen molar-refractivity contribution in [2.24, 2.45) is 0 Å². The standard InChI is InChI=1S/C17H20FN/c1-14(11-12-15-7-3-2-4-8-15)19-13-16-9-5-6-10-17(16)18/h2-10,14,19H,11-13H2,1H3/t14-/m1/s1. The van der Waals surface area contributed by atoms with Gasteiger partial charge >= 0.3 is 0 Å². The normalized spacial score (nSPS) is 12.3. The summed E-state index contributed by atoms with van der Waals surface area (Å²) in [7, 11) is 0. The molecule has 0 aromatic heterocycles. The molecule has 0 bridgehead atoms. The van der Waals surface area contributed by atoms with Gasteiger partial charge in [0.2, 0.25) is 0 Å². The van der Waals surface area contributed by atoms with Crippen LogP contribution in [0.4, 0.5) is 4.39 Å². The van der Waals surface area contributed by atoms with Crippen LogP contribution in [0.3, 0.4) is 0 Å². The highest BCUT2D eigenvalue weighted by Gasteiger charge is 2.04. The van der Waals surface area contributed by atoms with Crippen molar-refractivity contribution in [2.75, 3.05) is 0 Å². The van der Waals surface area contributed by atoms with Gasteiger partial charge in [0.25, 0.3) is 0 Å². The molecule has 2 aromatic carbocycles. The lowest BCUT2D eigenvalue weighted by Gasteiger charge is -2.14. The van der Waals surface area contributed by atoms with Crippen LogP contribution in [0, 0.1) is 5.82 Å². The maximum absolute atomic E-state index is 13.5. The Kier molecular flexibility index (Phi) is 5.10. The van der Waals surface area contributed by atoms with E-state index in [-0.39, 0.29) is 5.82 Å². The first kappa shape index (κ1) is 13.8. The van der Waals surface area contributed by atoms with E-state index in [2.05, 4.69) is 36.5 Å². The summed E-state index contributed by atoms with van der Waals surface area (Å²) < 4.78 is 13.5. The first-order chi connectivity index (χ1) is 9.25. The van der Waals surface area contributed by atoms with Gasteiger partial charge < -0.3 is 5.32 Å². The zero-order chi connectivity index (χ0) is 13.5. The van der Waals surface area contributed by atoms with Gasteiger partial charge in [-0.1, -0.05) is 48.5 Å². The zero-order valence-electron chi connectivity index (χ0n) is 11.3. The Morgan fingerprint density at radius 1 is 1.00 bits per heavy atom. The Hall–Kier alpha value is -1.67. The number of benzene rings is 2. The monoisotopic (exact) mass is 257 g/mol. The first-order valence-corrected chi connectivity index (χ1v) is 6.76. The Balaban J connectivity index is 1.76. The molecule has 0 aliphatic rings. The average molecular weight is 257 g/mol. The smallest absolute Gasteiger partial charge is 0.127 e. The third-order valence-corrected chi connectivity index (χ3v) is 3.31. The van der Waals surface area contributed by atoms with E-state index in [1.807, 2.05) is 18.2 Å². The third kappa shape index (κ3) is 4.49. The minimum atomic E-state index is -0.134. The SMILES string of the molecule is C[C@H](CCc1ccccc1)NCc1ccccc1F. The predicted octanol–water partition coefficient (Wildman–Crippen LogP) is 3.94. The highest BCUT2D eigenvalue weighted by molar-refractivity contribution is 5.17. The quantitative estimate of drug-likeness (QED) is 0.826. The van der Waals surface area contributed by atoms with Gasteiger partial charge in [-0.2, -0.15) is 0 Å². The van der Waals surface area contributed by atoms with Crippen LogP contribution in [-0.4, -0.2) is 6.04 Å². The van der Waals surface area contributed by atoms with E-state index < -0.39 is 0 Å². The van der Waals surface area contributed by atoms with E-state index in [1.165, 1.54) is 11.6 Å². The molecule has 2 rings (SSSR count). The molecule has 1 N–H and O–H groups in total. The van der Waals surface area contributed by atoms with Crippen LogP contribution in [0.15, 0.2) is 54.6 Å². The molecule has 0 saturated carbocycles.